The van der Waals surface area contributed by atoms with Crippen LogP contribution in [0, 0.1) is 23.0 Å². The molecule has 0 aliphatic heterocycles. The predicted octanol–water partition coefficient (Wildman–Crippen LogP) is 2.37. The second-order valence-electron chi connectivity index (χ2n) is 4.38. The molecule has 0 atom stereocenters. The molecule has 0 bridgehead atoms. The van der Waals surface area contributed by atoms with Gasteiger partial charge in [-0.2, -0.15) is 10.4 Å². The average molecular weight is 315 g/mol. The minimum absolute atomic E-state index is 0.0414. The van der Waals surface area contributed by atoms with Crippen LogP contribution in [0.5, 0.6) is 5.75 Å². The summed E-state index contributed by atoms with van der Waals surface area (Å²) in [6.45, 7) is -0.296. The summed E-state index contributed by atoms with van der Waals surface area (Å²) in [4.78, 5) is 11.5. The van der Waals surface area contributed by atoms with Crippen LogP contribution in [0.2, 0.25) is 0 Å². The number of benzene rings is 2. The molecule has 0 aliphatic carbocycles. The average Bonchev–Trinajstić information content (AvgIpc) is 2.55. The van der Waals surface area contributed by atoms with Crippen LogP contribution < -0.4 is 10.2 Å². The number of rotatable bonds is 5. The monoisotopic (exact) mass is 315 g/mol. The van der Waals surface area contributed by atoms with Crippen LogP contribution in [0.4, 0.5) is 8.78 Å². The maximum atomic E-state index is 13.3. The molecule has 2 rings (SSSR count). The van der Waals surface area contributed by atoms with Gasteiger partial charge in [0, 0.05) is 11.6 Å². The van der Waals surface area contributed by atoms with Crippen LogP contribution in [0.15, 0.2) is 47.6 Å². The van der Waals surface area contributed by atoms with Gasteiger partial charge in [-0.25, -0.2) is 14.2 Å². The van der Waals surface area contributed by atoms with Gasteiger partial charge >= 0.3 is 0 Å². The Hall–Kier alpha value is -3.27. The van der Waals surface area contributed by atoms with E-state index in [-0.39, 0.29) is 12.2 Å². The van der Waals surface area contributed by atoms with Crippen LogP contribution in [-0.2, 0) is 4.79 Å². The summed E-state index contributed by atoms with van der Waals surface area (Å²) in [6, 6.07) is 11.2. The number of carbonyl (C=O) groups excluding carboxylic acids is 1. The van der Waals surface area contributed by atoms with E-state index in [1.807, 2.05) is 6.07 Å². The fourth-order valence-corrected chi connectivity index (χ4v) is 1.59. The van der Waals surface area contributed by atoms with E-state index in [9.17, 15) is 13.6 Å². The van der Waals surface area contributed by atoms with Gasteiger partial charge in [-0.1, -0.05) is 0 Å². The summed E-state index contributed by atoms with van der Waals surface area (Å²) in [6.07, 6.45) is 1.06. The number of halogens is 2. The fourth-order valence-electron chi connectivity index (χ4n) is 1.59. The van der Waals surface area contributed by atoms with E-state index >= 15 is 0 Å². The summed E-state index contributed by atoms with van der Waals surface area (Å²) in [7, 11) is 0. The molecule has 0 radical (unpaired) electrons. The minimum atomic E-state index is -0.781. The van der Waals surface area contributed by atoms with Gasteiger partial charge in [-0.3, -0.25) is 4.79 Å². The smallest absolute Gasteiger partial charge is 0.277 e. The van der Waals surface area contributed by atoms with Crippen molar-refractivity contribution in [1.82, 2.24) is 5.43 Å². The zero-order valence-corrected chi connectivity index (χ0v) is 11.8. The highest BCUT2D eigenvalue weighted by atomic mass is 19.1. The summed E-state index contributed by atoms with van der Waals surface area (Å²) in [5.74, 6) is -1.60. The van der Waals surface area contributed by atoms with Crippen molar-refractivity contribution in [3.05, 3.63) is 65.2 Å². The SMILES string of the molecule is N#Cc1ccc(OCC(=O)N/N=C\c2ccc(F)cc2F)cc1. The first-order valence-corrected chi connectivity index (χ1v) is 6.48. The highest BCUT2D eigenvalue weighted by Gasteiger charge is 2.03. The maximum Gasteiger partial charge on any atom is 0.277 e. The van der Waals surface area contributed by atoms with Gasteiger partial charge in [0.2, 0.25) is 0 Å². The van der Waals surface area contributed by atoms with Crippen molar-refractivity contribution in [1.29, 1.82) is 5.26 Å². The molecule has 1 amide bonds. The number of nitriles is 1. The quantitative estimate of drug-likeness (QED) is 0.680. The number of amides is 1. The lowest BCUT2D eigenvalue weighted by atomic mass is 10.2. The lowest BCUT2D eigenvalue weighted by Crippen LogP contribution is -2.24. The molecule has 2 aromatic carbocycles. The van der Waals surface area contributed by atoms with Crippen molar-refractivity contribution in [2.24, 2.45) is 5.10 Å². The van der Waals surface area contributed by atoms with E-state index in [0.717, 1.165) is 18.3 Å². The first kappa shape index (κ1) is 16.1. The molecule has 0 saturated heterocycles. The van der Waals surface area contributed by atoms with E-state index in [1.54, 1.807) is 24.3 Å². The molecule has 5 nitrogen and oxygen atoms in total. The Kier molecular flexibility index (Phi) is 5.36. The number of nitrogens with zero attached hydrogens (tertiary/aromatic N) is 2. The third kappa shape index (κ3) is 4.89. The molecule has 0 aliphatic rings. The molecule has 0 fully saturated rings. The van der Waals surface area contributed by atoms with Crippen LogP contribution in [0.1, 0.15) is 11.1 Å². The van der Waals surface area contributed by atoms with E-state index in [1.165, 1.54) is 6.07 Å². The normalized spacial score (nSPS) is 10.3. The van der Waals surface area contributed by atoms with Crippen LogP contribution in [0.25, 0.3) is 0 Å². The number of ether oxygens (including phenoxy) is 1. The van der Waals surface area contributed by atoms with Gasteiger partial charge < -0.3 is 4.74 Å². The topological polar surface area (TPSA) is 74.5 Å². The van der Waals surface area contributed by atoms with E-state index in [2.05, 4.69) is 10.5 Å². The fraction of sp³-hybridized carbons (Fsp3) is 0.0625. The molecule has 0 unspecified atom stereocenters. The first-order chi connectivity index (χ1) is 11.1. The van der Waals surface area contributed by atoms with Crippen molar-refractivity contribution >= 4 is 12.1 Å². The molecular weight excluding hydrogens is 304 g/mol. The molecule has 0 spiro atoms. The number of hydrogen-bond donors (Lipinski definition) is 1. The molecular formula is C16H11F2N3O2. The molecule has 2 aromatic rings. The van der Waals surface area contributed by atoms with Gasteiger partial charge in [0.25, 0.3) is 5.91 Å². The molecule has 0 saturated carbocycles. The maximum absolute atomic E-state index is 13.3. The summed E-state index contributed by atoms with van der Waals surface area (Å²) in [5, 5.41) is 12.2. The van der Waals surface area contributed by atoms with Gasteiger partial charge in [0.1, 0.15) is 17.4 Å². The van der Waals surface area contributed by atoms with Gasteiger partial charge in [0.05, 0.1) is 17.8 Å². The highest BCUT2D eigenvalue weighted by molar-refractivity contribution is 5.83. The number of nitrogens with one attached hydrogen (secondary N) is 1. The zero-order valence-electron chi connectivity index (χ0n) is 11.8. The molecule has 1 N–H and O–H groups in total. The van der Waals surface area contributed by atoms with Crippen LogP contribution >= 0.6 is 0 Å². The zero-order chi connectivity index (χ0) is 16.7. The Labute approximate surface area is 130 Å². The Morgan fingerprint density at radius 3 is 2.65 bits per heavy atom. The standard InChI is InChI=1S/C16H11F2N3O2/c17-13-4-3-12(15(18)7-13)9-20-21-16(22)10-23-14-5-1-11(8-19)2-6-14/h1-7,9H,10H2,(H,21,22)/b20-9-. The van der Waals surface area contributed by atoms with E-state index < -0.39 is 17.5 Å². The third-order valence-electron chi connectivity index (χ3n) is 2.71. The second-order valence-corrected chi connectivity index (χ2v) is 4.38. The highest BCUT2D eigenvalue weighted by Crippen LogP contribution is 2.11. The molecule has 116 valence electrons. The van der Waals surface area contributed by atoms with Crippen LogP contribution in [-0.4, -0.2) is 18.7 Å². The number of carbonyl (C=O) groups is 1. The number of hydrazone groups is 1. The molecule has 0 heterocycles. The largest absolute Gasteiger partial charge is 0.484 e. The minimum Gasteiger partial charge on any atom is -0.484 e. The van der Waals surface area contributed by atoms with Crippen molar-refractivity contribution in [2.45, 2.75) is 0 Å². The Bertz CT molecular complexity index is 768. The Morgan fingerprint density at radius 2 is 2.00 bits per heavy atom. The van der Waals surface area contributed by atoms with Gasteiger partial charge in [-0.05, 0) is 36.4 Å². The Morgan fingerprint density at radius 1 is 1.26 bits per heavy atom. The predicted molar refractivity (Wildman–Crippen MR) is 78.7 cm³/mol. The van der Waals surface area contributed by atoms with Crippen molar-refractivity contribution < 1.29 is 18.3 Å². The van der Waals surface area contributed by atoms with Gasteiger partial charge in [0.15, 0.2) is 6.61 Å². The van der Waals surface area contributed by atoms with Crippen molar-refractivity contribution in [2.75, 3.05) is 6.61 Å². The van der Waals surface area contributed by atoms with E-state index in [0.29, 0.717) is 11.3 Å². The lowest BCUT2D eigenvalue weighted by molar-refractivity contribution is -0.123. The second kappa shape index (κ2) is 7.66. The Balaban J connectivity index is 1.82. The third-order valence-corrected chi connectivity index (χ3v) is 2.71. The summed E-state index contributed by atoms with van der Waals surface area (Å²) in [5.41, 5.74) is 2.68. The summed E-state index contributed by atoms with van der Waals surface area (Å²) >= 11 is 0. The summed E-state index contributed by atoms with van der Waals surface area (Å²) < 4.78 is 31.2. The van der Waals surface area contributed by atoms with Gasteiger partial charge in [-0.15, -0.1) is 0 Å². The number of hydrogen-bond acceptors (Lipinski definition) is 4. The molecule has 0 aromatic heterocycles. The lowest BCUT2D eigenvalue weighted by Gasteiger charge is -2.04. The van der Waals surface area contributed by atoms with E-state index in [4.69, 9.17) is 10.00 Å². The van der Waals surface area contributed by atoms with Crippen LogP contribution in [0.3, 0.4) is 0 Å². The molecule has 23 heavy (non-hydrogen) atoms. The first-order valence-electron chi connectivity index (χ1n) is 6.48. The van der Waals surface area contributed by atoms with Crippen molar-refractivity contribution in [3.63, 3.8) is 0 Å². The molecule has 7 heteroatoms. The van der Waals surface area contributed by atoms with Crippen molar-refractivity contribution in [3.8, 4) is 11.8 Å².